The Bertz CT molecular complexity index is 1510. The maximum atomic E-state index is 14.0. The van der Waals surface area contributed by atoms with Crippen LogP contribution in [-0.4, -0.2) is 81.3 Å². The van der Waals surface area contributed by atoms with Gasteiger partial charge in [0.25, 0.3) is 0 Å². The summed E-state index contributed by atoms with van der Waals surface area (Å²) in [7, 11) is 0. The number of fused-ring (bicyclic) bond motifs is 1. The topological polar surface area (TPSA) is 104 Å². The number of amides is 2. The van der Waals surface area contributed by atoms with E-state index >= 15 is 0 Å². The van der Waals surface area contributed by atoms with E-state index in [1.807, 2.05) is 21.9 Å². The van der Waals surface area contributed by atoms with Crippen LogP contribution in [0.3, 0.4) is 0 Å². The summed E-state index contributed by atoms with van der Waals surface area (Å²) in [5.74, 6) is 0.534. The van der Waals surface area contributed by atoms with Crippen molar-refractivity contribution in [3.8, 4) is 0 Å². The van der Waals surface area contributed by atoms with Crippen LogP contribution in [0.5, 0.6) is 0 Å². The monoisotopic (exact) mass is 606 g/mol. The first kappa shape index (κ1) is 28.5. The molecule has 2 amide bonds. The molecule has 4 fully saturated rings. The zero-order valence-corrected chi connectivity index (χ0v) is 25.3. The van der Waals surface area contributed by atoms with Crippen LogP contribution in [0.4, 0.5) is 11.4 Å². The number of carbonyl (C=O) groups is 2. The van der Waals surface area contributed by atoms with E-state index in [0.29, 0.717) is 37.5 Å². The smallest absolute Gasteiger partial charge is 0.327 e. The van der Waals surface area contributed by atoms with Crippen molar-refractivity contribution < 1.29 is 15.8 Å². The number of ether oxygens (including phenoxy) is 1. The number of morpholine rings is 1. The minimum atomic E-state index is -0.376. The summed E-state index contributed by atoms with van der Waals surface area (Å²) in [6.45, 7) is 4.37. The maximum Gasteiger partial charge on any atom is 0.327 e. The third kappa shape index (κ3) is 5.69. The van der Waals surface area contributed by atoms with E-state index in [-0.39, 0.29) is 42.0 Å². The van der Waals surface area contributed by atoms with Crippen LogP contribution in [0, 0.1) is 5.92 Å². The predicted molar refractivity (Wildman–Crippen MR) is 171 cm³/mol. The number of likely N-dealkylation sites (tertiary alicyclic amines) is 1. The second kappa shape index (κ2) is 12.4. The Labute approximate surface area is 257 Å². The Kier molecular flexibility index (Phi) is 8.18. The molecular formula is C32H42N6O4S. The van der Waals surface area contributed by atoms with Crippen molar-refractivity contribution in [1.29, 1.82) is 0 Å². The molecular weight excluding hydrogens is 564 g/mol. The van der Waals surface area contributed by atoms with Gasteiger partial charge in [0.15, 0.2) is 5.65 Å². The van der Waals surface area contributed by atoms with Crippen molar-refractivity contribution in [2.45, 2.75) is 68.0 Å². The second-order valence-corrected chi connectivity index (χ2v) is 13.5. The van der Waals surface area contributed by atoms with E-state index in [1.54, 1.807) is 22.5 Å². The average Bonchev–Trinajstić information content (AvgIpc) is 3.57. The van der Waals surface area contributed by atoms with Gasteiger partial charge in [-0.05, 0) is 68.0 Å². The number of H-pyrrole nitrogens is 1. The Morgan fingerprint density at radius 1 is 0.953 bits per heavy atom. The quantitative estimate of drug-likeness (QED) is 0.443. The Morgan fingerprint density at radius 2 is 1.67 bits per heavy atom. The molecule has 5 heterocycles. The van der Waals surface area contributed by atoms with E-state index in [0.717, 1.165) is 56.0 Å². The average molecular weight is 607 g/mol. The SMILES string of the molecule is O=C(CC1SC(C2CCCCC2)N(c2ccc(N3CCOCC3)cc2)C1=O)N1CCC(n2c(=O)[nH]c3ncccc32)CC1.[HH]. The van der Waals surface area contributed by atoms with Gasteiger partial charge in [0.05, 0.1) is 29.4 Å². The van der Waals surface area contributed by atoms with Gasteiger partial charge in [-0.2, -0.15) is 0 Å². The number of carbonyl (C=O) groups excluding carboxylic acids is 2. The van der Waals surface area contributed by atoms with E-state index < -0.39 is 0 Å². The van der Waals surface area contributed by atoms with Gasteiger partial charge in [0, 0.05) is 57.6 Å². The highest BCUT2D eigenvalue weighted by Gasteiger charge is 2.46. The van der Waals surface area contributed by atoms with Crippen LogP contribution in [0.2, 0.25) is 0 Å². The lowest BCUT2D eigenvalue weighted by atomic mass is 9.88. The predicted octanol–water partition coefficient (Wildman–Crippen LogP) is 4.42. The molecule has 1 aliphatic carbocycles. The molecule has 2 unspecified atom stereocenters. The van der Waals surface area contributed by atoms with Gasteiger partial charge in [-0.25, -0.2) is 9.78 Å². The standard InChI is InChI=1S/C32H40N6O4S.H2/c39-28(36-15-12-25(13-16-36)37-26-7-4-14-33-29(26)34-32(37)41)21-27-30(40)38(31(43-27)22-5-2-1-3-6-22)24-10-8-23(9-11-24)35-17-19-42-20-18-35;/h4,7-11,14,22,25,27,31H,1-3,5-6,12-13,15-21H2,(H,33,34,41);1H. The molecule has 43 heavy (non-hydrogen) atoms. The lowest BCUT2D eigenvalue weighted by Crippen LogP contribution is -2.42. The van der Waals surface area contributed by atoms with Crippen LogP contribution < -0.4 is 15.5 Å². The Balaban J connectivity index is 0.00000343. The van der Waals surface area contributed by atoms with E-state index in [1.165, 1.54) is 19.3 Å². The molecule has 2 atom stereocenters. The minimum Gasteiger partial charge on any atom is -0.378 e. The van der Waals surface area contributed by atoms with Gasteiger partial charge in [-0.15, -0.1) is 11.8 Å². The van der Waals surface area contributed by atoms with Crippen molar-refractivity contribution in [1.82, 2.24) is 19.4 Å². The number of anilines is 2. The highest BCUT2D eigenvalue weighted by molar-refractivity contribution is 8.02. The summed E-state index contributed by atoms with van der Waals surface area (Å²) < 4.78 is 7.29. The largest absolute Gasteiger partial charge is 0.378 e. The number of nitrogens with zero attached hydrogens (tertiary/aromatic N) is 5. The summed E-state index contributed by atoms with van der Waals surface area (Å²) in [4.78, 5) is 53.5. The van der Waals surface area contributed by atoms with Crippen LogP contribution >= 0.6 is 11.8 Å². The van der Waals surface area contributed by atoms with Crippen molar-refractivity contribution in [3.05, 3.63) is 53.1 Å². The molecule has 1 aromatic carbocycles. The number of hydrogen-bond acceptors (Lipinski definition) is 7. The number of aromatic amines is 1. The maximum absolute atomic E-state index is 14.0. The molecule has 2 aromatic heterocycles. The molecule has 0 radical (unpaired) electrons. The van der Waals surface area contributed by atoms with Gasteiger partial charge in [-0.3, -0.25) is 24.0 Å². The summed E-state index contributed by atoms with van der Waals surface area (Å²) in [6, 6.07) is 12.2. The number of piperidine rings is 1. The molecule has 1 N–H and O–H groups in total. The number of thioether (sulfide) groups is 1. The van der Waals surface area contributed by atoms with Crippen molar-refractivity contribution in [3.63, 3.8) is 0 Å². The van der Waals surface area contributed by atoms with Crippen LogP contribution in [0.15, 0.2) is 47.4 Å². The number of nitrogens with one attached hydrogen (secondary N) is 1. The summed E-state index contributed by atoms with van der Waals surface area (Å²) in [5.41, 5.74) is 3.33. The summed E-state index contributed by atoms with van der Waals surface area (Å²) in [5, 5.41) is -0.314. The zero-order valence-electron chi connectivity index (χ0n) is 24.5. The van der Waals surface area contributed by atoms with Crippen molar-refractivity contribution in [2.24, 2.45) is 5.92 Å². The third-order valence-electron chi connectivity index (χ3n) is 9.66. The van der Waals surface area contributed by atoms with Gasteiger partial charge >= 0.3 is 5.69 Å². The number of hydrogen-bond donors (Lipinski definition) is 1. The normalized spacial score (nSPS) is 24.3. The van der Waals surface area contributed by atoms with Gasteiger partial charge < -0.3 is 14.5 Å². The number of imidazole rings is 1. The van der Waals surface area contributed by atoms with Gasteiger partial charge in [0.2, 0.25) is 11.8 Å². The fourth-order valence-electron chi connectivity index (χ4n) is 7.35. The summed E-state index contributed by atoms with van der Waals surface area (Å²) in [6.07, 6.45) is 9.21. The van der Waals surface area contributed by atoms with E-state index in [9.17, 15) is 14.4 Å². The van der Waals surface area contributed by atoms with E-state index in [4.69, 9.17) is 4.74 Å². The first-order valence-electron chi connectivity index (χ1n) is 15.8. The lowest BCUT2D eigenvalue weighted by Gasteiger charge is -2.33. The number of aromatic nitrogens is 3. The number of benzene rings is 1. The highest BCUT2D eigenvalue weighted by Crippen LogP contribution is 2.45. The van der Waals surface area contributed by atoms with Gasteiger partial charge in [0.1, 0.15) is 0 Å². The van der Waals surface area contributed by atoms with Crippen LogP contribution in [-0.2, 0) is 14.3 Å². The van der Waals surface area contributed by atoms with Crippen LogP contribution in [0.1, 0.15) is 58.8 Å². The molecule has 3 saturated heterocycles. The first-order chi connectivity index (χ1) is 21.1. The highest BCUT2D eigenvalue weighted by atomic mass is 32.2. The van der Waals surface area contributed by atoms with E-state index in [2.05, 4.69) is 39.1 Å². The van der Waals surface area contributed by atoms with Crippen molar-refractivity contribution in [2.75, 3.05) is 49.2 Å². The molecule has 1 saturated carbocycles. The first-order valence-corrected chi connectivity index (χ1v) is 16.8. The minimum absolute atomic E-state index is 0. The number of rotatable bonds is 6. The fourth-order valence-corrected chi connectivity index (χ4v) is 8.99. The molecule has 10 nitrogen and oxygen atoms in total. The Morgan fingerprint density at radius 3 is 2.42 bits per heavy atom. The van der Waals surface area contributed by atoms with Crippen LogP contribution in [0.25, 0.3) is 11.2 Å². The van der Waals surface area contributed by atoms with Crippen molar-refractivity contribution >= 4 is 46.1 Å². The lowest BCUT2D eigenvalue weighted by molar-refractivity contribution is -0.133. The fraction of sp³-hybridized carbons (Fsp3) is 0.562. The Hall–Kier alpha value is -3.31. The van der Waals surface area contributed by atoms with Gasteiger partial charge in [-0.1, -0.05) is 19.3 Å². The molecule has 3 aromatic rings. The zero-order chi connectivity index (χ0) is 29.3. The third-order valence-corrected chi connectivity index (χ3v) is 11.2. The summed E-state index contributed by atoms with van der Waals surface area (Å²) >= 11 is 1.70. The molecule has 4 aliphatic rings. The molecule has 0 bridgehead atoms. The molecule has 0 spiro atoms. The molecule has 3 aliphatic heterocycles. The second-order valence-electron chi connectivity index (χ2n) is 12.2. The molecule has 7 rings (SSSR count). The molecule has 11 heteroatoms. The molecule has 230 valence electrons. The number of pyridine rings is 1.